The van der Waals surface area contributed by atoms with Crippen LogP contribution in [0.4, 0.5) is 13.2 Å². The molecular formula is C11H12F3NO2. The van der Waals surface area contributed by atoms with Gasteiger partial charge in [-0.05, 0) is 30.5 Å². The van der Waals surface area contributed by atoms with Crippen molar-refractivity contribution in [3.63, 3.8) is 0 Å². The van der Waals surface area contributed by atoms with E-state index >= 15 is 0 Å². The summed E-state index contributed by atoms with van der Waals surface area (Å²) < 4.78 is 37.7. The maximum atomic E-state index is 12.6. The van der Waals surface area contributed by atoms with Gasteiger partial charge < -0.3 is 10.8 Å². The summed E-state index contributed by atoms with van der Waals surface area (Å²) in [6.45, 7) is 1.31. The highest BCUT2D eigenvalue weighted by Crippen LogP contribution is 2.33. The second-order valence-corrected chi connectivity index (χ2v) is 3.74. The van der Waals surface area contributed by atoms with Gasteiger partial charge in [0.25, 0.3) is 0 Å². The van der Waals surface area contributed by atoms with Gasteiger partial charge >= 0.3 is 12.1 Å². The lowest BCUT2D eigenvalue weighted by Crippen LogP contribution is -2.32. The average Bonchev–Trinajstić information content (AvgIpc) is 2.19. The average molecular weight is 247 g/mol. The second kappa shape index (κ2) is 4.75. The van der Waals surface area contributed by atoms with E-state index in [1.807, 2.05) is 0 Å². The molecule has 0 aliphatic heterocycles. The molecule has 0 unspecified atom stereocenters. The first kappa shape index (κ1) is 13.5. The summed E-state index contributed by atoms with van der Waals surface area (Å²) in [5, 5.41) is 8.62. The van der Waals surface area contributed by atoms with Crippen LogP contribution in [0.2, 0.25) is 0 Å². The monoisotopic (exact) mass is 247 g/mol. The van der Waals surface area contributed by atoms with E-state index in [9.17, 15) is 18.0 Å². The van der Waals surface area contributed by atoms with Crippen LogP contribution in [-0.2, 0) is 17.4 Å². The lowest BCUT2D eigenvalue weighted by atomic mass is 9.97. The van der Waals surface area contributed by atoms with Gasteiger partial charge in [0.2, 0.25) is 0 Å². The summed E-state index contributed by atoms with van der Waals surface area (Å²) in [7, 11) is 0. The van der Waals surface area contributed by atoms with Crippen LogP contribution >= 0.6 is 0 Å². The van der Waals surface area contributed by atoms with Crippen LogP contribution in [0.3, 0.4) is 0 Å². The maximum Gasteiger partial charge on any atom is 0.416 e. The fourth-order valence-electron chi connectivity index (χ4n) is 1.54. The molecule has 1 rings (SSSR count). The SMILES string of the molecule is Cc1c(C[C@H](N)C(=O)O)cccc1C(F)(F)F. The zero-order chi connectivity index (χ0) is 13.2. The minimum Gasteiger partial charge on any atom is -0.480 e. The molecule has 17 heavy (non-hydrogen) atoms. The second-order valence-electron chi connectivity index (χ2n) is 3.74. The van der Waals surface area contributed by atoms with E-state index in [-0.39, 0.29) is 12.0 Å². The summed E-state index contributed by atoms with van der Waals surface area (Å²) >= 11 is 0. The zero-order valence-electron chi connectivity index (χ0n) is 9.08. The molecule has 0 spiro atoms. The first-order valence-corrected chi connectivity index (χ1v) is 4.87. The van der Waals surface area contributed by atoms with Gasteiger partial charge in [-0.25, -0.2) is 0 Å². The summed E-state index contributed by atoms with van der Waals surface area (Å²) in [6.07, 6.45) is -4.56. The molecule has 3 nitrogen and oxygen atoms in total. The van der Waals surface area contributed by atoms with E-state index in [0.717, 1.165) is 6.07 Å². The summed E-state index contributed by atoms with van der Waals surface area (Å²) in [5.74, 6) is -1.23. The number of carboxylic acids is 1. The molecule has 0 aromatic heterocycles. The highest BCUT2D eigenvalue weighted by atomic mass is 19.4. The van der Waals surface area contributed by atoms with Crippen molar-refractivity contribution in [1.82, 2.24) is 0 Å². The van der Waals surface area contributed by atoms with Gasteiger partial charge in [0.05, 0.1) is 5.56 Å². The van der Waals surface area contributed by atoms with E-state index in [1.165, 1.54) is 19.1 Å². The number of rotatable bonds is 3. The predicted molar refractivity (Wildman–Crippen MR) is 55.5 cm³/mol. The first-order valence-electron chi connectivity index (χ1n) is 4.87. The van der Waals surface area contributed by atoms with Gasteiger partial charge in [0, 0.05) is 0 Å². The van der Waals surface area contributed by atoms with E-state index < -0.39 is 23.8 Å². The van der Waals surface area contributed by atoms with Crippen LogP contribution in [0.1, 0.15) is 16.7 Å². The highest BCUT2D eigenvalue weighted by Gasteiger charge is 2.33. The molecule has 0 bridgehead atoms. The molecule has 0 saturated carbocycles. The molecule has 1 aromatic rings. The number of aliphatic carboxylic acids is 1. The Hall–Kier alpha value is -1.56. The number of carboxylic acid groups (broad SMARTS) is 1. The molecule has 0 aliphatic carbocycles. The van der Waals surface area contributed by atoms with E-state index in [0.29, 0.717) is 5.56 Å². The molecule has 1 aromatic carbocycles. The number of alkyl halides is 3. The Labute approximate surface area is 96.0 Å². The number of nitrogens with two attached hydrogens (primary N) is 1. The fourth-order valence-corrected chi connectivity index (χ4v) is 1.54. The van der Waals surface area contributed by atoms with Crippen LogP contribution < -0.4 is 5.73 Å². The third kappa shape index (κ3) is 3.20. The molecule has 1 atom stereocenters. The van der Waals surface area contributed by atoms with Crippen molar-refractivity contribution in [2.45, 2.75) is 25.6 Å². The molecule has 0 radical (unpaired) electrons. The third-order valence-corrected chi connectivity index (χ3v) is 2.51. The molecule has 6 heteroatoms. The largest absolute Gasteiger partial charge is 0.480 e. The van der Waals surface area contributed by atoms with Gasteiger partial charge in [-0.3, -0.25) is 4.79 Å². The molecule has 0 fully saturated rings. The zero-order valence-corrected chi connectivity index (χ0v) is 9.08. The Morgan fingerprint density at radius 3 is 2.53 bits per heavy atom. The van der Waals surface area contributed by atoms with Gasteiger partial charge in [0.1, 0.15) is 6.04 Å². The summed E-state index contributed by atoms with van der Waals surface area (Å²) in [6, 6.07) is 2.47. The topological polar surface area (TPSA) is 63.3 Å². The van der Waals surface area contributed by atoms with Crippen LogP contribution in [0.25, 0.3) is 0 Å². The van der Waals surface area contributed by atoms with Crippen LogP contribution in [0.5, 0.6) is 0 Å². The first-order chi connectivity index (χ1) is 7.73. The lowest BCUT2D eigenvalue weighted by Gasteiger charge is -2.15. The Kier molecular flexibility index (Phi) is 3.77. The number of carbonyl (C=O) groups is 1. The van der Waals surface area contributed by atoms with Crippen molar-refractivity contribution in [3.05, 3.63) is 34.9 Å². The Bertz CT molecular complexity index is 429. The third-order valence-electron chi connectivity index (χ3n) is 2.51. The standard InChI is InChI=1S/C11H12F3NO2/c1-6-7(5-9(15)10(16)17)3-2-4-8(6)11(12,13)14/h2-4,9H,5,15H2,1H3,(H,16,17)/t9-/m0/s1. The molecule has 0 saturated heterocycles. The highest BCUT2D eigenvalue weighted by molar-refractivity contribution is 5.73. The molecule has 0 aliphatic rings. The summed E-state index contributed by atoms with van der Waals surface area (Å²) in [5.41, 5.74) is 4.86. The van der Waals surface area contributed by atoms with E-state index in [4.69, 9.17) is 10.8 Å². The number of hydrogen-bond donors (Lipinski definition) is 2. The fraction of sp³-hybridized carbons (Fsp3) is 0.364. The minimum atomic E-state index is -4.44. The maximum absolute atomic E-state index is 12.6. The smallest absolute Gasteiger partial charge is 0.416 e. The summed E-state index contributed by atoms with van der Waals surface area (Å²) in [4.78, 5) is 10.5. The molecule has 0 amide bonds. The minimum absolute atomic E-state index is 0.0247. The quantitative estimate of drug-likeness (QED) is 0.858. The Balaban J connectivity index is 3.07. The van der Waals surface area contributed by atoms with Crippen molar-refractivity contribution >= 4 is 5.97 Å². The molecule has 0 heterocycles. The van der Waals surface area contributed by atoms with Crippen molar-refractivity contribution in [2.24, 2.45) is 5.73 Å². The Morgan fingerprint density at radius 1 is 1.47 bits per heavy atom. The predicted octanol–water partition coefficient (Wildman–Crippen LogP) is 1.97. The van der Waals surface area contributed by atoms with Gasteiger partial charge in [-0.2, -0.15) is 13.2 Å². The number of halogens is 3. The van der Waals surface area contributed by atoms with Crippen molar-refractivity contribution in [3.8, 4) is 0 Å². The van der Waals surface area contributed by atoms with Crippen LogP contribution in [-0.4, -0.2) is 17.1 Å². The van der Waals surface area contributed by atoms with Crippen molar-refractivity contribution < 1.29 is 23.1 Å². The number of benzene rings is 1. The molecule has 3 N–H and O–H groups in total. The van der Waals surface area contributed by atoms with E-state index in [1.54, 1.807) is 0 Å². The van der Waals surface area contributed by atoms with Gasteiger partial charge in [-0.15, -0.1) is 0 Å². The normalized spacial score (nSPS) is 13.5. The van der Waals surface area contributed by atoms with Crippen LogP contribution in [0.15, 0.2) is 18.2 Å². The Morgan fingerprint density at radius 2 is 2.06 bits per heavy atom. The lowest BCUT2D eigenvalue weighted by molar-refractivity contribution is -0.138. The molecule has 94 valence electrons. The van der Waals surface area contributed by atoms with Crippen LogP contribution in [0, 0.1) is 6.92 Å². The van der Waals surface area contributed by atoms with Gasteiger partial charge in [-0.1, -0.05) is 12.1 Å². The van der Waals surface area contributed by atoms with Gasteiger partial charge in [0.15, 0.2) is 0 Å². The van der Waals surface area contributed by atoms with Crippen molar-refractivity contribution in [1.29, 1.82) is 0 Å². The number of hydrogen-bond acceptors (Lipinski definition) is 2. The molecular weight excluding hydrogens is 235 g/mol. The van der Waals surface area contributed by atoms with E-state index in [2.05, 4.69) is 0 Å². The van der Waals surface area contributed by atoms with Crippen molar-refractivity contribution in [2.75, 3.05) is 0 Å².